The van der Waals surface area contributed by atoms with Crippen molar-refractivity contribution in [2.45, 2.75) is 39.2 Å². The Balaban J connectivity index is 0.00000264. The molecule has 6 nitrogen and oxygen atoms in total. The second-order valence-corrected chi connectivity index (χ2v) is 5.71. The van der Waals surface area contributed by atoms with E-state index >= 15 is 0 Å². The SMILES string of the molecule is CCNC(=NCCCn1cccn1)NCCCN1CCCC1.I. The fraction of sp³-hybridized carbons (Fsp3) is 0.750. The molecule has 0 radical (unpaired) electrons. The predicted octanol–water partition coefficient (Wildman–Crippen LogP) is 1.93. The molecule has 0 saturated carbocycles. The van der Waals surface area contributed by atoms with Crippen molar-refractivity contribution in [3.05, 3.63) is 18.5 Å². The minimum absolute atomic E-state index is 0. The van der Waals surface area contributed by atoms with Crippen LogP contribution in [-0.4, -0.2) is 59.9 Å². The summed E-state index contributed by atoms with van der Waals surface area (Å²) in [6.45, 7) is 9.49. The maximum atomic E-state index is 4.62. The summed E-state index contributed by atoms with van der Waals surface area (Å²) in [5.41, 5.74) is 0. The molecule has 7 heteroatoms. The van der Waals surface area contributed by atoms with Crippen LogP contribution in [0.1, 0.15) is 32.6 Å². The van der Waals surface area contributed by atoms with Crippen LogP contribution in [0.25, 0.3) is 0 Å². The number of nitrogens with zero attached hydrogens (tertiary/aromatic N) is 4. The van der Waals surface area contributed by atoms with Crippen LogP contribution < -0.4 is 10.6 Å². The largest absolute Gasteiger partial charge is 0.357 e. The molecule has 1 aromatic heterocycles. The van der Waals surface area contributed by atoms with Crippen molar-refractivity contribution in [1.29, 1.82) is 0 Å². The van der Waals surface area contributed by atoms with Crippen molar-refractivity contribution in [3.8, 4) is 0 Å². The number of hydrogen-bond donors (Lipinski definition) is 2. The summed E-state index contributed by atoms with van der Waals surface area (Å²) >= 11 is 0. The van der Waals surface area contributed by atoms with E-state index < -0.39 is 0 Å². The Labute approximate surface area is 157 Å². The van der Waals surface area contributed by atoms with Crippen molar-refractivity contribution in [2.75, 3.05) is 39.3 Å². The second-order valence-electron chi connectivity index (χ2n) is 5.71. The summed E-state index contributed by atoms with van der Waals surface area (Å²) in [4.78, 5) is 7.17. The van der Waals surface area contributed by atoms with E-state index in [4.69, 9.17) is 0 Å². The van der Waals surface area contributed by atoms with Crippen LogP contribution in [0.4, 0.5) is 0 Å². The van der Waals surface area contributed by atoms with Crippen LogP contribution in [0, 0.1) is 0 Å². The van der Waals surface area contributed by atoms with Gasteiger partial charge in [0.2, 0.25) is 0 Å². The third-order valence-corrected chi connectivity index (χ3v) is 3.86. The van der Waals surface area contributed by atoms with Gasteiger partial charge in [-0.3, -0.25) is 9.67 Å². The average molecular weight is 434 g/mol. The Bertz CT molecular complexity index is 414. The number of aryl methyl sites for hydroxylation is 1. The Hall–Kier alpha value is -0.830. The van der Waals surface area contributed by atoms with Gasteiger partial charge in [0.1, 0.15) is 0 Å². The van der Waals surface area contributed by atoms with Gasteiger partial charge in [-0.05, 0) is 58.3 Å². The number of aromatic nitrogens is 2. The molecule has 2 rings (SSSR count). The summed E-state index contributed by atoms with van der Waals surface area (Å²) in [5, 5.41) is 10.9. The lowest BCUT2D eigenvalue weighted by Crippen LogP contribution is -2.38. The molecule has 0 spiro atoms. The molecule has 1 aliphatic heterocycles. The van der Waals surface area contributed by atoms with Crippen LogP contribution in [-0.2, 0) is 6.54 Å². The summed E-state index contributed by atoms with van der Waals surface area (Å²) in [6.07, 6.45) is 8.73. The van der Waals surface area contributed by atoms with Crippen LogP contribution in [0.15, 0.2) is 23.5 Å². The molecule has 2 N–H and O–H groups in total. The first kappa shape index (κ1) is 20.2. The smallest absolute Gasteiger partial charge is 0.191 e. The van der Waals surface area contributed by atoms with E-state index in [1.807, 2.05) is 23.1 Å². The average Bonchev–Trinajstić information content (AvgIpc) is 3.21. The van der Waals surface area contributed by atoms with Gasteiger partial charge in [-0.25, -0.2) is 0 Å². The molecule has 0 atom stereocenters. The van der Waals surface area contributed by atoms with Crippen LogP contribution in [0.3, 0.4) is 0 Å². The number of rotatable bonds is 9. The van der Waals surface area contributed by atoms with Gasteiger partial charge in [0.25, 0.3) is 0 Å². The van der Waals surface area contributed by atoms with E-state index in [1.165, 1.54) is 38.9 Å². The van der Waals surface area contributed by atoms with Gasteiger partial charge in [0, 0.05) is 38.6 Å². The third-order valence-electron chi connectivity index (χ3n) is 3.86. The number of guanidine groups is 1. The summed E-state index contributed by atoms with van der Waals surface area (Å²) < 4.78 is 1.95. The van der Waals surface area contributed by atoms with Gasteiger partial charge in [-0.1, -0.05) is 0 Å². The van der Waals surface area contributed by atoms with Crippen molar-refractivity contribution >= 4 is 29.9 Å². The molecule has 1 fully saturated rings. The molecule has 23 heavy (non-hydrogen) atoms. The highest BCUT2D eigenvalue weighted by Gasteiger charge is 2.10. The Morgan fingerprint density at radius 1 is 1.17 bits per heavy atom. The molecule has 0 bridgehead atoms. The van der Waals surface area contributed by atoms with Crippen molar-refractivity contribution in [3.63, 3.8) is 0 Å². The zero-order valence-corrected chi connectivity index (χ0v) is 16.5. The number of aliphatic imine (C=N–C) groups is 1. The normalized spacial score (nSPS) is 15.4. The zero-order valence-electron chi connectivity index (χ0n) is 14.2. The van der Waals surface area contributed by atoms with Gasteiger partial charge in [0.15, 0.2) is 5.96 Å². The van der Waals surface area contributed by atoms with Crippen LogP contribution in [0.2, 0.25) is 0 Å². The van der Waals surface area contributed by atoms with Gasteiger partial charge in [-0.15, -0.1) is 24.0 Å². The van der Waals surface area contributed by atoms with E-state index in [0.29, 0.717) is 0 Å². The van der Waals surface area contributed by atoms with Gasteiger partial charge in [-0.2, -0.15) is 5.10 Å². The number of halogens is 1. The summed E-state index contributed by atoms with van der Waals surface area (Å²) in [5.74, 6) is 0.935. The fourth-order valence-corrected chi connectivity index (χ4v) is 2.71. The molecule has 0 unspecified atom stereocenters. The lowest BCUT2D eigenvalue weighted by molar-refractivity contribution is 0.334. The minimum atomic E-state index is 0. The molecular weight excluding hydrogens is 403 g/mol. The highest BCUT2D eigenvalue weighted by Crippen LogP contribution is 2.06. The van der Waals surface area contributed by atoms with E-state index in [-0.39, 0.29) is 24.0 Å². The first-order chi connectivity index (χ1) is 10.9. The Kier molecular flexibility index (Phi) is 11.1. The molecule has 2 heterocycles. The lowest BCUT2D eigenvalue weighted by Gasteiger charge is -2.15. The van der Waals surface area contributed by atoms with Crippen molar-refractivity contribution in [2.24, 2.45) is 4.99 Å². The van der Waals surface area contributed by atoms with E-state index in [2.05, 4.69) is 32.5 Å². The highest BCUT2D eigenvalue weighted by molar-refractivity contribution is 14.0. The van der Waals surface area contributed by atoms with Gasteiger partial charge < -0.3 is 15.5 Å². The summed E-state index contributed by atoms with van der Waals surface area (Å²) in [6, 6.07) is 1.95. The maximum absolute atomic E-state index is 4.62. The van der Waals surface area contributed by atoms with Crippen molar-refractivity contribution in [1.82, 2.24) is 25.3 Å². The lowest BCUT2D eigenvalue weighted by atomic mass is 10.4. The van der Waals surface area contributed by atoms with E-state index in [1.54, 1.807) is 0 Å². The molecule has 0 amide bonds. The van der Waals surface area contributed by atoms with Gasteiger partial charge in [0.05, 0.1) is 0 Å². The quantitative estimate of drug-likeness (QED) is 0.270. The van der Waals surface area contributed by atoms with E-state index in [9.17, 15) is 0 Å². The minimum Gasteiger partial charge on any atom is -0.357 e. The molecule has 1 saturated heterocycles. The standard InChI is InChI=1S/C16H30N6.HI/c1-2-17-16(18-8-5-13-21-11-3-4-12-21)19-9-6-14-22-15-7-10-20-22;/h7,10,15H,2-6,8-9,11-14H2,1H3,(H2,17,18,19);1H. The van der Waals surface area contributed by atoms with Crippen LogP contribution >= 0.6 is 24.0 Å². The summed E-state index contributed by atoms with van der Waals surface area (Å²) in [7, 11) is 0. The van der Waals surface area contributed by atoms with Crippen LogP contribution in [0.5, 0.6) is 0 Å². The van der Waals surface area contributed by atoms with Gasteiger partial charge >= 0.3 is 0 Å². The molecule has 1 aromatic rings. The maximum Gasteiger partial charge on any atom is 0.191 e. The highest BCUT2D eigenvalue weighted by atomic mass is 127. The molecule has 132 valence electrons. The zero-order chi connectivity index (χ0) is 15.5. The monoisotopic (exact) mass is 434 g/mol. The first-order valence-electron chi connectivity index (χ1n) is 8.60. The Morgan fingerprint density at radius 3 is 2.70 bits per heavy atom. The molecular formula is C16H31IN6. The topological polar surface area (TPSA) is 57.5 Å². The Morgan fingerprint density at radius 2 is 2.00 bits per heavy atom. The fourth-order valence-electron chi connectivity index (χ4n) is 2.71. The number of nitrogens with one attached hydrogen (secondary N) is 2. The predicted molar refractivity (Wildman–Crippen MR) is 107 cm³/mol. The molecule has 0 aliphatic carbocycles. The number of likely N-dealkylation sites (tertiary alicyclic amines) is 1. The second kappa shape index (κ2) is 12.6. The molecule has 0 aromatic carbocycles. The molecule has 1 aliphatic rings. The van der Waals surface area contributed by atoms with E-state index in [0.717, 1.165) is 38.6 Å². The first-order valence-corrected chi connectivity index (χ1v) is 8.60. The van der Waals surface area contributed by atoms with Crippen molar-refractivity contribution < 1.29 is 0 Å². The number of hydrogen-bond acceptors (Lipinski definition) is 3. The third kappa shape index (κ3) is 8.55.